The molecule has 0 saturated heterocycles. The van der Waals surface area contributed by atoms with E-state index in [9.17, 15) is 0 Å². The van der Waals surface area contributed by atoms with Crippen molar-refractivity contribution in [3.63, 3.8) is 0 Å². The minimum absolute atomic E-state index is 0.433. The monoisotopic (exact) mass is 182 g/mol. The van der Waals surface area contributed by atoms with Gasteiger partial charge in [-0.25, -0.2) is 4.98 Å². The van der Waals surface area contributed by atoms with Crippen LogP contribution in [0.1, 0.15) is 0 Å². The second-order valence-corrected chi connectivity index (χ2v) is 2.21. The van der Waals surface area contributed by atoms with Gasteiger partial charge in [0.1, 0.15) is 5.15 Å². The lowest BCUT2D eigenvalue weighted by Crippen LogP contribution is -1.71. The second-order valence-electron chi connectivity index (χ2n) is 1.82. The molecule has 0 amide bonds. The Balaban J connectivity index is 0.000000127. The van der Waals surface area contributed by atoms with Crippen LogP contribution in [-0.2, 0) is 0 Å². The minimum atomic E-state index is 0.433. The van der Waals surface area contributed by atoms with Crippen LogP contribution < -0.4 is 0 Å². The summed E-state index contributed by atoms with van der Waals surface area (Å²) in [6.45, 7) is 0. The predicted octanol–water partition coefficient (Wildman–Crippen LogP) is 2.41. The Labute approximate surface area is 75.0 Å². The Morgan fingerprint density at radius 2 is 1.92 bits per heavy atom. The maximum atomic E-state index is 5.37. The van der Waals surface area contributed by atoms with Gasteiger partial charge in [-0.05, 0) is 12.1 Å². The van der Waals surface area contributed by atoms with Gasteiger partial charge in [0.05, 0.1) is 18.7 Å². The molecule has 2 aromatic rings. The topological polar surface area (TPSA) is 38.9 Å². The minimum Gasteiger partial charge on any atom is -0.473 e. The first-order valence-corrected chi connectivity index (χ1v) is 3.66. The van der Waals surface area contributed by atoms with Crippen LogP contribution in [0, 0.1) is 0 Å². The molecule has 3 nitrogen and oxygen atoms in total. The lowest BCUT2D eigenvalue weighted by molar-refractivity contribution is 0.567. The summed E-state index contributed by atoms with van der Waals surface area (Å²) in [5.74, 6) is 0. The van der Waals surface area contributed by atoms with E-state index in [1.807, 2.05) is 12.1 Å². The number of rotatable bonds is 0. The quantitative estimate of drug-likeness (QED) is 0.628. The van der Waals surface area contributed by atoms with E-state index >= 15 is 0 Å². The normalized spacial score (nSPS) is 8.42. The van der Waals surface area contributed by atoms with Gasteiger partial charge in [0.2, 0.25) is 0 Å². The fourth-order valence-corrected chi connectivity index (χ4v) is 0.620. The van der Waals surface area contributed by atoms with Crippen molar-refractivity contribution in [1.29, 1.82) is 0 Å². The second kappa shape index (κ2) is 5.32. The Kier molecular flexibility index (Phi) is 3.88. The zero-order valence-electron chi connectivity index (χ0n) is 6.22. The molecule has 0 aliphatic rings. The van der Waals surface area contributed by atoms with Gasteiger partial charge in [-0.3, -0.25) is 4.98 Å². The van der Waals surface area contributed by atoms with Gasteiger partial charge >= 0.3 is 0 Å². The highest BCUT2D eigenvalue weighted by Crippen LogP contribution is 1.95. The van der Waals surface area contributed by atoms with E-state index < -0.39 is 0 Å². The van der Waals surface area contributed by atoms with Crippen molar-refractivity contribution < 1.29 is 4.42 Å². The number of aromatic nitrogens is 2. The number of hydrogen-bond acceptors (Lipinski definition) is 3. The van der Waals surface area contributed by atoms with Crippen LogP contribution in [0.25, 0.3) is 0 Å². The molecule has 0 N–H and O–H groups in total. The third-order valence-electron chi connectivity index (χ3n) is 0.957. The van der Waals surface area contributed by atoms with Gasteiger partial charge in [-0.1, -0.05) is 11.6 Å². The number of halogens is 1. The molecular formula is C8H7ClN2O. The predicted molar refractivity (Wildman–Crippen MR) is 45.8 cm³/mol. The average molecular weight is 183 g/mol. The molecule has 0 spiro atoms. The third kappa shape index (κ3) is 3.73. The fourth-order valence-electron chi connectivity index (χ4n) is 0.508. The third-order valence-corrected chi connectivity index (χ3v) is 1.15. The van der Waals surface area contributed by atoms with Crippen LogP contribution in [0.5, 0.6) is 0 Å². The molecule has 2 heterocycles. The lowest BCUT2D eigenvalue weighted by atomic mass is 10.7. The molecule has 0 aromatic carbocycles. The van der Waals surface area contributed by atoms with Crippen molar-refractivity contribution in [3.05, 3.63) is 48.4 Å². The molecule has 2 aromatic heterocycles. The maximum Gasteiger partial charge on any atom is 0.147 e. The molecule has 0 unspecified atom stereocenters. The molecule has 0 aliphatic heterocycles. The molecule has 0 bridgehead atoms. The van der Waals surface area contributed by atoms with Gasteiger partial charge in [-0.15, -0.1) is 0 Å². The van der Waals surface area contributed by atoms with Crippen LogP contribution in [0.2, 0.25) is 5.15 Å². The smallest absolute Gasteiger partial charge is 0.147 e. The SMILES string of the molecule is Clc1cnccn1.c1ccoc1. The van der Waals surface area contributed by atoms with E-state index in [-0.39, 0.29) is 0 Å². The first-order chi connectivity index (χ1) is 5.89. The van der Waals surface area contributed by atoms with E-state index in [2.05, 4.69) is 14.4 Å². The summed E-state index contributed by atoms with van der Waals surface area (Å²) in [5, 5.41) is 0.433. The van der Waals surface area contributed by atoms with E-state index in [1.165, 1.54) is 6.20 Å². The van der Waals surface area contributed by atoms with Gasteiger partial charge < -0.3 is 4.42 Å². The molecular weight excluding hydrogens is 176 g/mol. The number of hydrogen-bond donors (Lipinski definition) is 0. The van der Waals surface area contributed by atoms with Crippen molar-refractivity contribution in [2.24, 2.45) is 0 Å². The molecule has 12 heavy (non-hydrogen) atoms. The van der Waals surface area contributed by atoms with Crippen LogP contribution in [0.15, 0.2) is 47.7 Å². The summed E-state index contributed by atoms with van der Waals surface area (Å²) in [7, 11) is 0. The molecule has 62 valence electrons. The largest absolute Gasteiger partial charge is 0.473 e. The Morgan fingerprint density at radius 1 is 1.17 bits per heavy atom. The standard InChI is InChI=1S/C4H3ClN2.C4H4O/c5-4-3-6-1-2-7-4;1-2-4-5-3-1/h1-3H;1-4H. The fraction of sp³-hybridized carbons (Fsp3) is 0. The van der Waals surface area contributed by atoms with Crippen LogP contribution >= 0.6 is 11.6 Å². The molecule has 2 rings (SSSR count). The summed E-state index contributed by atoms with van der Waals surface area (Å²) in [6, 6.07) is 3.67. The maximum absolute atomic E-state index is 5.37. The highest BCUT2D eigenvalue weighted by molar-refractivity contribution is 6.29. The highest BCUT2D eigenvalue weighted by atomic mass is 35.5. The van der Waals surface area contributed by atoms with Crippen LogP contribution in [-0.4, -0.2) is 9.97 Å². The van der Waals surface area contributed by atoms with Crippen molar-refractivity contribution in [1.82, 2.24) is 9.97 Å². The Hall–Kier alpha value is -1.35. The van der Waals surface area contributed by atoms with E-state index in [0.29, 0.717) is 5.15 Å². The summed E-state index contributed by atoms with van der Waals surface area (Å²) < 4.78 is 4.58. The Bertz CT molecular complexity index is 266. The molecule has 0 radical (unpaired) electrons. The summed E-state index contributed by atoms with van der Waals surface area (Å²) in [4.78, 5) is 7.37. The van der Waals surface area contributed by atoms with Crippen molar-refractivity contribution in [3.8, 4) is 0 Å². The molecule has 0 atom stereocenters. The number of nitrogens with zero attached hydrogens (tertiary/aromatic N) is 2. The van der Waals surface area contributed by atoms with Crippen molar-refractivity contribution in [2.45, 2.75) is 0 Å². The highest BCUT2D eigenvalue weighted by Gasteiger charge is 1.77. The molecule has 4 heteroatoms. The Morgan fingerprint density at radius 3 is 2.17 bits per heavy atom. The summed E-state index contributed by atoms with van der Waals surface area (Å²) in [5.41, 5.74) is 0. The molecule has 0 aliphatic carbocycles. The zero-order chi connectivity index (χ0) is 8.65. The van der Waals surface area contributed by atoms with E-state index in [4.69, 9.17) is 11.6 Å². The first kappa shape index (κ1) is 8.74. The van der Waals surface area contributed by atoms with Gasteiger partial charge in [-0.2, -0.15) is 0 Å². The first-order valence-electron chi connectivity index (χ1n) is 3.28. The van der Waals surface area contributed by atoms with Crippen molar-refractivity contribution in [2.75, 3.05) is 0 Å². The molecule has 0 fully saturated rings. The summed E-state index contributed by atoms with van der Waals surface area (Å²) >= 11 is 5.37. The van der Waals surface area contributed by atoms with Crippen LogP contribution in [0.4, 0.5) is 0 Å². The molecule has 0 saturated carbocycles. The van der Waals surface area contributed by atoms with Crippen LogP contribution in [0.3, 0.4) is 0 Å². The van der Waals surface area contributed by atoms with Crippen molar-refractivity contribution >= 4 is 11.6 Å². The summed E-state index contributed by atoms with van der Waals surface area (Å²) in [6.07, 6.45) is 7.86. The van der Waals surface area contributed by atoms with E-state index in [0.717, 1.165) is 0 Å². The van der Waals surface area contributed by atoms with Gasteiger partial charge in [0, 0.05) is 12.4 Å². The lowest BCUT2D eigenvalue weighted by Gasteiger charge is -1.79. The van der Waals surface area contributed by atoms with E-state index in [1.54, 1.807) is 24.9 Å². The average Bonchev–Trinajstić information content (AvgIpc) is 2.62. The zero-order valence-corrected chi connectivity index (χ0v) is 6.98. The van der Waals surface area contributed by atoms with Gasteiger partial charge in [0.25, 0.3) is 0 Å². The van der Waals surface area contributed by atoms with Gasteiger partial charge in [0.15, 0.2) is 0 Å². The number of furan rings is 1.